The molecule has 2 aromatic heterocycles. The van der Waals surface area contributed by atoms with Gasteiger partial charge in [-0.2, -0.15) is 0 Å². The summed E-state index contributed by atoms with van der Waals surface area (Å²) >= 11 is 0. The van der Waals surface area contributed by atoms with Crippen molar-refractivity contribution in [3.63, 3.8) is 0 Å². The molecule has 8 nitrogen and oxygen atoms in total. The first-order valence-corrected chi connectivity index (χ1v) is 5.17. The number of Topliss-reactive ketones (excluding diaryl/α,β-unsaturated/α-hetero) is 1. The maximum absolute atomic E-state index is 11.9. The van der Waals surface area contributed by atoms with Crippen LogP contribution in [0.2, 0.25) is 0 Å². The summed E-state index contributed by atoms with van der Waals surface area (Å²) in [6.07, 6.45) is 2.59. The van der Waals surface area contributed by atoms with Crippen LogP contribution in [-0.2, 0) is 13.6 Å². The second-order valence-electron chi connectivity index (χ2n) is 3.81. The Balaban J connectivity index is 2.55. The Morgan fingerprint density at radius 3 is 2.72 bits per heavy atom. The van der Waals surface area contributed by atoms with Crippen molar-refractivity contribution in [1.29, 1.82) is 0 Å². The number of H-pyrrole nitrogens is 1. The van der Waals surface area contributed by atoms with Crippen molar-refractivity contribution in [3.05, 3.63) is 44.8 Å². The topological polar surface area (TPSA) is 103 Å². The Morgan fingerprint density at radius 2 is 2.17 bits per heavy atom. The zero-order valence-electron chi connectivity index (χ0n) is 9.88. The summed E-state index contributed by atoms with van der Waals surface area (Å²) in [6.45, 7) is 1.23. The third-order valence-corrected chi connectivity index (χ3v) is 2.54. The molecule has 0 bridgehead atoms. The molecule has 0 atom stereocenters. The smallest absolute Gasteiger partial charge is 0.319 e. The van der Waals surface area contributed by atoms with Gasteiger partial charge in [-0.3, -0.25) is 14.2 Å². The molecule has 0 fully saturated rings. The molecule has 0 spiro atoms. The molecule has 2 rings (SSSR count). The summed E-state index contributed by atoms with van der Waals surface area (Å²) < 4.78 is 2.51. The molecule has 1 N–H and O–H groups in total. The molecule has 2 heterocycles. The van der Waals surface area contributed by atoms with E-state index in [9.17, 15) is 14.4 Å². The van der Waals surface area contributed by atoms with Crippen LogP contribution in [0.4, 0.5) is 0 Å². The van der Waals surface area contributed by atoms with Crippen LogP contribution in [0.5, 0.6) is 0 Å². The first-order valence-electron chi connectivity index (χ1n) is 5.17. The molecule has 94 valence electrons. The van der Waals surface area contributed by atoms with Gasteiger partial charge in [0, 0.05) is 13.2 Å². The molecule has 8 heteroatoms. The highest BCUT2D eigenvalue weighted by atomic mass is 16.2. The van der Waals surface area contributed by atoms with Crippen LogP contribution in [0.25, 0.3) is 0 Å². The van der Waals surface area contributed by atoms with Crippen molar-refractivity contribution in [3.8, 4) is 0 Å². The van der Waals surface area contributed by atoms with Crippen LogP contribution in [0.3, 0.4) is 0 Å². The van der Waals surface area contributed by atoms with Gasteiger partial charge in [-0.25, -0.2) is 4.79 Å². The fraction of sp³-hybridized carbons (Fsp3) is 0.300. The van der Waals surface area contributed by atoms with Gasteiger partial charge in [-0.1, -0.05) is 0 Å². The van der Waals surface area contributed by atoms with E-state index in [1.54, 1.807) is 11.6 Å². The van der Waals surface area contributed by atoms with Crippen LogP contribution in [-0.4, -0.2) is 30.1 Å². The fourth-order valence-electron chi connectivity index (χ4n) is 1.50. The lowest BCUT2D eigenvalue weighted by atomic mass is 10.2. The second-order valence-corrected chi connectivity index (χ2v) is 3.81. The minimum absolute atomic E-state index is 0.0359. The maximum Gasteiger partial charge on any atom is 0.328 e. The number of aromatic amines is 1. The van der Waals surface area contributed by atoms with Crippen molar-refractivity contribution < 1.29 is 4.79 Å². The molecule has 0 amide bonds. The monoisotopic (exact) mass is 249 g/mol. The molecule has 0 radical (unpaired) electrons. The average molecular weight is 249 g/mol. The summed E-state index contributed by atoms with van der Waals surface area (Å²) in [5.74, 6) is 0.0475. The number of carbonyl (C=O) groups excluding carboxylic acids is 1. The van der Waals surface area contributed by atoms with Gasteiger partial charge in [0.1, 0.15) is 6.33 Å². The van der Waals surface area contributed by atoms with Gasteiger partial charge < -0.3 is 9.55 Å². The normalized spacial score (nSPS) is 10.6. The first-order chi connectivity index (χ1) is 8.50. The zero-order valence-corrected chi connectivity index (χ0v) is 9.88. The molecule has 2 aromatic rings. The summed E-state index contributed by atoms with van der Waals surface area (Å²) in [4.78, 5) is 37.1. The highest BCUT2D eigenvalue weighted by Crippen LogP contribution is 1.94. The number of nitrogens with one attached hydrogen (secondary N) is 1. The van der Waals surface area contributed by atoms with Crippen molar-refractivity contribution in [2.45, 2.75) is 13.5 Å². The summed E-state index contributed by atoms with van der Waals surface area (Å²) in [5.41, 5.74) is -1.28. The van der Waals surface area contributed by atoms with E-state index in [2.05, 4.69) is 15.2 Å². The number of rotatable bonds is 3. The summed E-state index contributed by atoms with van der Waals surface area (Å²) in [6, 6.07) is 0. The minimum atomic E-state index is -0.630. The highest BCUT2D eigenvalue weighted by molar-refractivity contribution is 5.93. The van der Waals surface area contributed by atoms with Crippen molar-refractivity contribution in [2.24, 2.45) is 7.05 Å². The Kier molecular flexibility index (Phi) is 2.92. The van der Waals surface area contributed by atoms with E-state index in [0.717, 1.165) is 10.8 Å². The quantitative estimate of drug-likeness (QED) is 0.697. The van der Waals surface area contributed by atoms with Crippen LogP contribution in [0, 0.1) is 0 Å². The van der Waals surface area contributed by atoms with E-state index < -0.39 is 17.0 Å². The molecule has 0 aliphatic heterocycles. The van der Waals surface area contributed by atoms with E-state index in [1.807, 2.05) is 0 Å². The highest BCUT2D eigenvalue weighted by Gasteiger charge is 2.12. The molecular formula is C10H11N5O3. The number of hydrogen-bond donors (Lipinski definition) is 1. The number of aryl methyl sites for hydroxylation is 1. The van der Waals surface area contributed by atoms with Crippen LogP contribution in [0.15, 0.2) is 22.1 Å². The molecular weight excluding hydrogens is 238 g/mol. The van der Waals surface area contributed by atoms with E-state index in [0.29, 0.717) is 5.82 Å². The maximum atomic E-state index is 11.9. The minimum Gasteiger partial charge on any atom is -0.319 e. The molecule has 0 saturated carbocycles. The van der Waals surface area contributed by atoms with Gasteiger partial charge >= 0.3 is 5.69 Å². The number of ketones is 1. The van der Waals surface area contributed by atoms with E-state index in [1.165, 1.54) is 13.3 Å². The van der Waals surface area contributed by atoms with Gasteiger partial charge in [-0.15, -0.1) is 10.2 Å². The van der Waals surface area contributed by atoms with Crippen LogP contribution in [0.1, 0.15) is 23.1 Å². The van der Waals surface area contributed by atoms with E-state index in [-0.39, 0.29) is 12.1 Å². The lowest BCUT2D eigenvalue weighted by Gasteiger charge is -2.04. The number of aromatic nitrogens is 5. The van der Waals surface area contributed by atoms with Crippen LogP contribution < -0.4 is 11.2 Å². The van der Waals surface area contributed by atoms with E-state index >= 15 is 0 Å². The molecule has 18 heavy (non-hydrogen) atoms. The standard InChI is InChI=1S/C10H11N5O3/c1-6(16)7-3-11-10(18)15(9(7)17)4-8-13-12-5-14(8)2/h3,5H,4H2,1-2H3,(H,11,18). The Morgan fingerprint density at radius 1 is 1.44 bits per heavy atom. The van der Waals surface area contributed by atoms with Crippen LogP contribution >= 0.6 is 0 Å². The molecule has 0 unspecified atom stereocenters. The predicted molar refractivity (Wildman–Crippen MR) is 61.4 cm³/mol. The predicted octanol–water partition coefficient (Wildman–Crippen LogP) is -1.08. The van der Waals surface area contributed by atoms with Crippen molar-refractivity contribution in [2.75, 3.05) is 0 Å². The molecule has 0 aromatic carbocycles. The van der Waals surface area contributed by atoms with Crippen molar-refractivity contribution in [1.82, 2.24) is 24.3 Å². The summed E-state index contributed by atoms with van der Waals surface area (Å²) in [5, 5.41) is 7.44. The largest absolute Gasteiger partial charge is 0.328 e. The first kappa shape index (κ1) is 12.0. The Labute approximate surface area is 101 Å². The van der Waals surface area contributed by atoms with E-state index in [4.69, 9.17) is 0 Å². The number of hydrogen-bond acceptors (Lipinski definition) is 5. The lowest BCUT2D eigenvalue weighted by molar-refractivity contribution is 0.101. The third kappa shape index (κ3) is 1.99. The Hall–Kier alpha value is -2.51. The lowest BCUT2D eigenvalue weighted by Crippen LogP contribution is -2.38. The zero-order chi connectivity index (χ0) is 13.3. The number of carbonyl (C=O) groups is 1. The second kappa shape index (κ2) is 4.40. The molecule has 0 aliphatic rings. The SMILES string of the molecule is CC(=O)c1c[nH]c(=O)n(Cc2nncn2C)c1=O. The number of nitrogens with zero attached hydrogens (tertiary/aromatic N) is 4. The average Bonchev–Trinajstić information content (AvgIpc) is 2.69. The van der Waals surface area contributed by atoms with Gasteiger partial charge in [0.2, 0.25) is 0 Å². The molecule has 0 aliphatic carbocycles. The van der Waals surface area contributed by atoms with Gasteiger partial charge in [0.25, 0.3) is 5.56 Å². The van der Waals surface area contributed by atoms with Gasteiger partial charge in [-0.05, 0) is 6.92 Å². The summed E-state index contributed by atoms with van der Waals surface area (Å²) in [7, 11) is 1.70. The molecule has 0 saturated heterocycles. The van der Waals surface area contributed by atoms with Crippen molar-refractivity contribution >= 4 is 5.78 Å². The Bertz CT molecular complexity index is 709. The van der Waals surface area contributed by atoms with Gasteiger partial charge in [0.15, 0.2) is 11.6 Å². The van der Waals surface area contributed by atoms with Gasteiger partial charge in [0.05, 0.1) is 12.1 Å². The fourth-order valence-corrected chi connectivity index (χ4v) is 1.50. The third-order valence-electron chi connectivity index (χ3n) is 2.54.